The number of hydrogen-bond acceptors (Lipinski definition) is 2. The number of carbonyl (C=O) groups is 1. The normalized spacial score (nSPS) is 12.5. The van der Waals surface area contributed by atoms with E-state index >= 15 is 0 Å². The molecular formula is C17H21N3O. The summed E-state index contributed by atoms with van der Waals surface area (Å²) in [7, 11) is 1.85. The van der Waals surface area contributed by atoms with Crippen LogP contribution in [0.4, 0.5) is 0 Å². The zero-order valence-corrected chi connectivity index (χ0v) is 12.7. The molecular weight excluding hydrogens is 262 g/mol. The summed E-state index contributed by atoms with van der Waals surface area (Å²) in [5, 5.41) is 7.03. The molecule has 2 aromatic rings. The summed E-state index contributed by atoms with van der Waals surface area (Å²) >= 11 is 0. The van der Waals surface area contributed by atoms with Gasteiger partial charge in [0.15, 0.2) is 0 Å². The van der Waals surface area contributed by atoms with Gasteiger partial charge in [0.1, 0.15) is 0 Å². The van der Waals surface area contributed by atoms with E-state index in [0.717, 1.165) is 12.0 Å². The van der Waals surface area contributed by atoms with E-state index in [0.29, 0.717) is 0 Å². The Morgan fingerprint density at radius 3 is 2.86 bits per heavy atom. The maximum atomic E-state index is 11.9. The second-order valence-electron chi connectivity index (χ2n) is 5.32. The van der Waals surface area contributed by atoms with Gasteiger partial charge >= 0.3 is 0 Å². The smallest absolute Gasteiger partial charge is 0.244 e. The van der Waals surface area contributed by atoms with Crippen molar-refractivity contribution in [2.24, 2.45) is 7.05 Å². The Hall–Kier alpha value is -2.36. The number of hydrogen-bond donors (Lipinski definition) is 1. The maximum Gasteiger partial charge on any atom is 0.244 e. The first kappa shape index (κ1) is 15.0. The van der Waals surface area contributed by atoms with Crippen molar-refractivity contribution in [2.75, 3.05) is 0 Å². The van der Waals surface area contributed by atoms with E-state index in [4.69, 9.17) is 0 Å². The highest BCUT2D eigenvalue weighted by Gasteiger charge is 2.07. The van der Waals surface area contributed by atoms with Gasteiger partial charge in [-0.25, -0.2) is 0 Å². The van der Waals surface area contributed by atoms with Crippen molar-refractivity contribution in [3.63, 3.8) is 0 Å². The minimum atomic E-state index is -0.0834. The minimum absolute atomic E-state index is 0.0834. The Morgan fingerprint density at radius 1 is 1.43 bits per heavy atom. The quantitative estimate of drug-likeness (QED) is 0.857. The second kappa shape index (κ2) is 6.88. The van der Waals surface area contributed by atoms with Crippen LogP contribution in [0.3, 0.4) is 0 Å². The molecule has 1 unspecified atom stereocenters. The molecule has 0 radical (unpaired) electrons. The average Bonchev–Trinajstić information content (AvgIpc) is 2.85. The largest absolute Gasteiger partial charge is 0.350 e. The van der Waals surface area contributed by atoms with Crippen LogP contribution in [0.1, 0.15) is 23.6 Å². The number of nitrogens with one attached hydrogen (secondary N) is 1. The zero-order chi connectivity index (χ0) is 15.2. The molecule has 1 aromatic heterocycles. The van der Waals surface area contributed by atoms with Crippen molar-refractivity contribution in [3.05, 3.63) is 59.4 Å². The lowest BCUT2D eigenvalue weighted by atomic mass is 10.0. The van der Waals surface area contributed by atoms with Gasteiger partial charge in [0.2, 0.25) is 5.91 Å². The van der Waals surface area contributed by atoms with Gasteiger partial charge in [-0.05, 0) is 37.5 Å². The van der Waals surface area contributed by atoms with Gasteiger partial charge < -0.3 is 5.32 Å². The summed E-state index contributed by atoms with van der Waals surface area (Å²) < 4.78 is 1.71. The van der Waals surface area contributed by atoms with Crippen LogP contribution >= 0.6 is 0 Å². The Labute approximate surface area is 125 Å². The van der Waals surface area contributed by atoms with Crippen LogP contribution in [-0.4, -0.2) is 21.7 Å². The third-order valence-corrected chi connectivity index (χ3v) is 3.33. The molecule has 1 heterocycles. The van der Waals surface area contributed by atoms with E-state index in [1.807, 2.05) is 32.3 Å². The molecule has 0 aliphatic carbocycles. The molecule has 0 aliphatic heterocycles. The van der Waals surface area contributed by atoms with Crippen LogP contribution in [0, 0.1) is 6.92 Å². The number of aromatic nitrogens is 2. The van der Waals surface area contributed by atoms with Gasteiger partial charge in [0.25, 0.3) is 0 Å². The van der Waals surface area contributed by atoms with Gasteiger partial charge in [-0.3, -0.25) is 9.48 Å². The van der Waals surface area contributed by atoms with Crippen LogP contribution < -0.4 is 5.32 Å². The van der Waals surface area contributed by atoms with E-state index in [1.54, 1.807) is 23.0 Å². The predicted molar refractivity (Wildman–Crippen MR) is 84.7 cm³/mol. The summed E-state index contributed by atoms with van der Waals surface area (Å²) in [6.07, 6.45) is 7.73. The molecule has 21 heavy (non-hydrogen) atoms. The molecule has 0 aliphatic rings. The molecule has 4 heteroatoms. The molecule has 2 rings (SSSR count). The first-order valence-electron chi connectivity index (χ1n) is 7.06. The Bertz CT molecular complexity index is 643. The van der Waals surface area contributed by atoms with Gasteiger partial charge in [-0.2, -0.15) is 5.10 Å². The summed E-state index contributed by atoms with van der Waals surface area (Å²) in [5.41, 5.74) is 3.44. The molecule has 110 valence electrons. The molecule has 4 nitrogen and oxygen atoms in total. The summed E-state index contributed by atoms with van der Waals surface area (Å²) in [5.74, 6) is -0.0834. The lowest BCUT2D eigenvalue weighted by molar-refractivity contribution is -0.117. The fourth-order valence-electron chi connectivity index (χ4n) is 2.21. The van der Waals surface area contributed by atoms with Crippen molar-refractivity contribution < 1.29 is 4.79 Å². The van der Waals surface area contributed by atoms with Crippen molar-refractivity contribution >= 4 is 12.0 Å². The number of carbonyl (C=O) groups excluding carboxylic acids is 1. The number of aryl methyl sites for hydroxylation is 2. The highest BCUT2D eigenvalue weighted by molar-refractivity contribution is 5.91. The Balaban J connectivity index is 1.87. The highest BCUT2D eigenvalue weighted by Crippen LogP contribution is 2.09. The third-order valence-electron chi connectivity index (χ3n) is 3.33. The monoisotopic (exact) mass is 283 g/mol. The first-order valence-corrected chi connectivity index (χ1v) is 7.06. The van der Waals surface area contributed by atoms with Crippen LogP contribution in [0.25, 0.3) is 6.08 Å². The summed E-state index contributed by atoms with van der Waals surface area (Å²) in [6.45, 7) is 4.11. The van der Waals surface area contributed by atoms with Crippen molar-refractivity contribution in [3.8, 4) is 0 Å². The average molecular weight is 283 g/mol. The SMILES string of the molecule is Cc1ccccc1CC(C)NC(=O)/C=C/c1cnn(C)c1. The lowest BCUT2D eigenvalue weighted by Crippen LogP contribution is -2.32. The Kier molecular flexibility index (Phi) is 4.93. The van der Waals surface area contributed by atoms with E-state index in [-0.39, 0.29) is 11.9 Å². The van der Waals surface area contributed by atoms with E-state index in [9.17, 15) is 4.79 Å². The van der Waals surface area contributed by atoms with Gasteiger partial charge in [-0.15, -0.1) is 0 Å². The van der Waals surface area contributed by atoms with E-state index in [1.165, 1.54) is 11.1 Å². The number of rotatable bonds is 5. The van der Waals surface area contributed by atoms with E-state index in [2.05, 4.69) is 29.5 Å². The summed E-state index contributed by atoms with van der Waals surface area (Å²) in [4.78, 5) is 11.9. The van der Waals surface area contributed by atoms with Crippen molar-refractivity contribution in [1.82, 2.24) is 15.1 Å². The molecule has 1 N–H and O–H groups in total. The molecule has 0 saturated carbocycles. The van der Waals surface area contributed by atoms with Gasteiger partial charge in [-0.1, -0.05) is 24.3 Å². The van der Waals surface area contributed by atoms with Crippen LogP contribution in [0.5, 0.6) is 0 Å². The minimum Gasteiger partial charge on any atom is -0.350 e. The first-order chi connectivity index (χ1) is 10.0. The van der Waals surface area contributed by atoms with Crippen molar-refractivity contribution in [2.45, 2.75) is 26.3 Å². The molecule has 1 aromatic carbocycles. The van der Waals surface area contributed by atoms with Crippen molar-refractivity contribution in [1.29, 1.82) is 0 Å². The van der Waals surface area contributed by atoms with E-state index < -0.39 is 0 Å². The topological polar surface area (TPSA) is 46.9 Å². The van der Waals surface area contributed by atoms with Crippen LogP contribution in [-0.2, 0) is 18.3 Å². The Morgan fingerprint density at radius 2 is 2.19 bits per heavy atom. The lowest BCUT2D eigenvalue weighted by Gasteiger charge is -2.14. The molecule has 0 spiro atoms. The van der Waals surface area contributed by atoms with Crippen LogP contribution in [0.2, 0.25) is 0 Å². The number of benzene rings is 1. The third kappa shape index (κ3) is 4.60. The van der Waals surface area contributed by atoms with Crippen LogP contribution in [0.15, 0.2) is 42.7 Å². The fraction of sp³-hybridized carbons (Fsp3) is 0.294. The molecule has 1 atom stereocenters. The van der Waals surface area contributed by atoms with Gasteiger partial charge in [0.05, 0.1) is 6.20 Å². The zero-order valence-electron chi connectivity index (χ0n) is 12.7. The standard InChI is InChI=1S/C17H21N3O/c1-13-6-4-5-7-16(13)10-14(2)19-17(21)9-8-15-11-18-20(3)12-15/h4-9,11-12,14H,10H2,1-3H3,(H,19,21)/b9-8+. The number of nitrogens with zero attached hydrogens (tertiary/aromatic N) is 2. The number of amides is 1. The maximum absolute atomic E-state index is 11.9. The molecule has 1 amide bonds. The molecule has 0 bridgehead atoms. The highest BCUT2D eigenvalue weighted by atomic mass is 16.1. The fourth-order valence-corrected chi connectivity index (χ4v) is 2.21. The molecule has 0 fully saturated rings. The van der Waals surface area contributed by atoms with Gasteiger partial charge in [0, 0.05) is 30.9 Å². The second-order valence-corrected chi connectivity index (χ2v) is 5.32. The molecule has 0 saturated heterocycles. The predicted octanol–water partition coefficient (Wildman–Crippen LogP) is 2.49. The summed E-state index contributed by atoms with van der Waals surface area (Å²) in [6, 6.07) is 8.34.